The SMILES string of the molecule is COc1ccc(C=C2CNCc3c(C(=O)NN4CC5C=CCC5C4)nn(-c4ccc(Cl)cc4Cl)c32)cc1. The van der Waals surface area contributed by atoms with E-state index in [-0.39, 0.29) is 5.91 Å². The third-order valence-corrected chi connectivity index (χ3v) is 7.83. The molecule has 6 rings (SSSR count). The summed E-state index contributed by atoms with van der Waals surface area (Å²) in [6.45, 7) is 2.81. The third kappa shape index (κ3) is 4.68. The number of methoxy groups -OCH3 is 1. The maximum absolute atomic E-state index is 13.5. The van der Waals surface area contributed by atoms with Crippen molar-refractivity contribution in [3.63, 3.8) is 0 Å². The lowest BCUT2D eigenvalue weighted by Gasteiger charge is -2.21. The Bertz CT molecular complexity index is 1410. The van der Waals surface area contributed by atoms with Gasteiger partial charge in [0.2, 0.25) is 0 Å². The first-order valence-electron chi connectivity index (χ1n) is 12.4. The molecule has 2 unspecified atom stereocenters. The van der Waals surface area contributed by atoms with Crippen LogP contribution in [0.5, 0.6) is 5.75 Å². The van der Waals surface area contributed by atoms with E-state index in [9.17, 15) is 4.79 Å². The predicted octanol–water partition coefficient (Wildman–Crippen LogP) is 4.98. The number of aromatic nitrogens is 2. The second-order valence-electron chi connectivity index (χ2n) is 9.66. The van der Waals surface area contributed by atoms with Crippen molar-refractivity contribution in [2.24, 2.45) is 11.8 Å². The Labute approximate surface area is 225 Å². The van der Waals surface area contributed by atoms with Gasteiger partial charge in [0.15, 0.2) is 5.69 Å². The first kappa shape index (κ1) is 24.2. The monoisotopic (exact) mass is 535 g/mol. The van der Waals surface area contributed by atoms with Gasteiger partial charge in [0.1, 0.15) is 5.75 Å². The van der Waals surface area contributed by atoms with Crippen molar-refractivity contribution in [2.75, 3.05) is 26.7 Å². The minimum Gasteiger partial charge on any atom is -0.497 e. The molecule has 0 spiro atoms. The fraction of sp³-hybridized carbons (Fsp3) is 0.286. The van der Waals surface area contributed by atoms with Crippen molar-refractivity contribution in [2.45, 2.75) is 13.0 Å². The number of nitrogens with zero attached hydrogens (tertiary/aromatic N) is 3. The molecule has 0 radical (unpaired) electrons. The summed E-state index contributed by atoms with van der Waals surface area (Å²) in [6.07, 6.45) is 7.67. The third-order valence-electron chi connectivity index (χ3n) is 7.29. The van der Waals surface area contributed by atoms with Crippen molar-refractivity contribution in [1.29, 1.82) is 0 Å². The molecular weight excluding hydrogens is 509 g/mol. The first-order valence-corrected chi connectivity index (χ1v) is 13.1. The van der Waals surface area contributed by atoms with E-state index in [1.54, 1.807) is 23.9 Å². The molecule has 1 aromatic heterocycles. The van der Waals surface area contributed by atoms with E-state index in [1.807, 2.05) is 35.3 Å². The standard InChI is InChI=1S/C28H27Cl2N5O2/c1-37-22-8-5-17(6-9-22)11-20-13-31-14-23-26(28(36)33-34-15-18-3-2-4-19(18)16-34)32-35(27(20)23)25-10-7-21(29)12-24(25)30/h2-3,5-12,18-19,31H,4,13-16H2,1H3,(H,33,36). The molecule has 2 N–H and O–H groups in total. The average molecular weight is 536 g/mol. The molecule has 1 amide bonds. The fourth-order valence-corrected chi connectivity index (χ4v) is 5.95. The molecule has 3 aromatic rings. The number of hydrogen-bond acceptors (Lipinski definition) is 5. The van der Waals surface area contributed by atoms with Gasteiger partial charge in [0.25, 0.3) is 5.91 Å². The van der Waals surface area contributed by atoms with Gasteiger partial charge in [0, 0.05) is 36.8 Å². The van der Waals surface area contributed by atoms with Crippen LogP contribution in [0, 0.1) is 11.8 Å². The molecule has 1 fully saturated rings. The van der Waals surface area contributed by atoms with Crippen LogP contribution in [0.3, 0.4) is 0 Å². The summed E-state index contributed by atoms with van der Waals surface area (Å²) >= 11 is 12.8. The summed E-state index contributed by atoms with van der Waals surface area (Å²) in [4.78, 5) is 13.5. The van der Waals surface area contributed by atoms with Crippen molar-refractivity contribution in [3.05, 3.63) is 87.2 Å². The van der Waals surface area contributed by atoms with Crippen LogP contribution in [0.1, 0.15) is 33.7 Å². The molecule has 37 heavy (non-hydrogen) atoms. The van der Waals surface area contributed by atoms with E-state index in [2.05, 4.69) is 29.0 Å². The molecule has 7 nitrogen and oxygen atoms in total. The summed E-state index contributed by atoms with van der Waals surface area (Å²) in [5, 5.41) is 11.3. The number of benzene rings is 2. The van der Waals surface area contributed by atoms with Crippen molar-refractivity contribution in [3.8, 4) is 11.4 Å². The highest BCUT2D eigenvalue weighted by atomic mass is 35.5. The van der Waals surface area contributed by atoms with Gasteiger partial charge in [-0.15, -0.1) is 0 Å². The summed E-state index contributed by atoms with van der Waals surface area (Å²) in [5.74, 6) is 1.65. The molecule has 3 aliphatic rings. The second kappa shape index (κ2) is 9.99. The van der Waals surface area contributed by atoms with E-state index in [0.29, 0.717) is 46.4 Å². The number of carbonyl (C=O) groups excluding carboxylic acids is 1. The predicted molar refractivity (Wildman–Crippen MR) is 146 cm³/mol. The number of amides is 1. The summed E-state index contributed by atoms with van der Waals surface area (Å²) in [5.41, 5.74) is 7.90. The van der Waals surface area contributed by atoms with E-state index < -0.39 is 0 Å². The Morgan fingerprint density at radius 3 is 2.76 bits per heavy atom. The summed E-state index contributed by atoms with van der Waals surface area (Å²) in [7, 11) is 1.65. The Hall–Kier alpha value is -3.10. The summed E-state index contributed by atoms with van der Waals surface area (Å²) in [6, 6.07) is 13.2. The number of rotatable bonds is 5. The second-order valence-corrected chi connectivity index (χ2v) is 10.5. The van der Waals surface area contributed by atoms with Crippen LogP contribution in [0.2, 0.25) is 10.0 Å². The Kier molecular flexibility index (Phi) is 6.55. The highest BCUT2D eigenvalue weighted by Gasteiger charge is 2.35. The van der Waals surface area contributed by atoms with E-state index in [0.717, 1.165) is 47.7 Å². The van der Waals surface area contributed by atoms with Crippen LogP contribution >= 0.6 is 23.2 Å². The minimum absolute atomic E-state index is 0.212. The van der Waals surface area contributed by atoms with Crippen LogP contribution in [0.4, 0.5) is 0 Å². The molecule has 2 aliphatic heterocycles. The number of fused-ring (bicyclic) bond motifs is 2. The molecule has 9 heteroatoms. The van der Waals surface area contributed by atoms with Gasteiger partial charge >= 0.3 is 0 Å². The maximum atomic E-state index is 13.5. The topological polar surface area (TPSA) is 71.4 Å². The van der Waals surface area contributed by atoms with Crippen LogP contribution in [0.15, 0.2) is 54.6 Å². The molecule has 1 aliphatic carbocycles. The average Bonchev–Trinajstić information content (AvgIpc) is 3.59. The normalized spacial score (nSPS) is 21.8. The zero-order chi connectivity index (χ0) is 25.5. The lowest BCUT2D eigenvalue weighted by atomic mass is 9.99. The van der Waals surface area contributed by atoms with Crippen LogP contribution < -0.4 is 15.5 Å². The number of carbonyl (C=O) groups is 1. The molecular formula is C28H27Cl2N5O2. The van der Waals surface area contributed by atoms with Crippen LogP contribution in [-0.4, -0.2) is 47.4 Å². The van der Waals surface area contributed by atoms with Gasteiger partial charge in [-0.3, -0.25) is 10.2 Å². The zero-order valence-electron chi connectivity index (χ0n) is 20.4. The van der Waals surface area contributed by atoms with Crippen molar-refractivity contribution in [1.82, 2.24) is 25.5 Å². The van der Waals surface area contributed by atoms with E-state index in [1.165, 1.54) is 0 Å². The van der Waals surface area contributed by atoms with Crippen molar-refractivity contribution >= 4 is 40.8 Å². The van der Waals surface area contributed by atoms with E-state index in [4.69, 9.17) is 33.0 Å². The first-order chi connectivity index (χ1) is 18.0. The zero-order valence-corrected chi connectivity index (χ0v) is 21.9. The molecule has 0 saturated carbocycles. The Balaban J connectivity index is 1.40. The number of hydrogen-bond donors (Lipinski definition) is 2. The largest absolute Gasteiger partial charge is 0.497 e. The lowest BCUT2D eigenvalue weighted by molar-refractivity contribution is 0.0811. The maximum Gasteiger partial charge on any atom is 0.286 e. The molecule has 1 saturated heterocycles. The smallest absolute Gasteiger partial charge is 0.286 e. The quantitative estimate of drug-likeness (QED) is 0.450. The summed E-state index contributed by atoms with van der Waals surface area (Å²) < 4.78 is 7.08. The highest BCUT2D eigenvalue weighted by Crippen LogP contribution is 2.35. The molecule has 0 bridgehead atoms. The fourth-order valence-electron chi connectivity index (χ4n) is 5.46. The molecule has 2 atom stereocenters. The number of hydrazine groups is 1. The molecule has 190 valence electrons. The minimum atomic E-state index is -0.212. The van der Waals surface area contributed by atoms with Gasteiger partial charge in [-0.25, -0.2) is 9.69 Å². The number of halogens is 2. The van der Waals surface area contributed by atoms with Gasteiger partial charge in [0.05, 0.1) is 23.5 Å². The number of ether oxygens (including phenoxy) is 1. The van der Waals surface area contributed by atoms with Gasteiger partial charge in [-0.05, 0) is 65.8 Å². The van der Waals surface area contributed by atoms with Gasteiger partial charge < -0.3 is 10.1 Å². The molecule has 2 aromatic carbocycles. The van der Waals surface area contributed by atoms with Crippen LogP contribution in [-0.2, 0) is 6.54 Å². The number of allylic oxidation sites excluding steroid dienone is 1. The Morgan fingerprint density at radius 1 is 1.16 bits per heavy atom. The van der Waals surface area contributed by atoms with Crippen molar-refractivity contribution < 1.29 is 9.53 Å². The Morgan fingerprint density at radius 2 is 2.00 bits per heavy atom. The van der Waals surface area contributed by atoms with Gasteiger partial charge in [-0.2, -0.15) is 5.10 Å². The highest BCUT2D eigenvalue weighted by molar-refractivity contribution is 6.35. The van der Waals surface area contributed by atoms with Crippen LogP contribution in [0.25, 0.3) is 17.3 Å². The van der Waals surface area contributed by atoms with Gasteiger partial charge in [-0.1, -0.05) is 47.5 Å². The molecule has 3 heterocycles. The lowest BCUT2D eigenvalue weighted by Crippen LogP contribution is -2.41. The number of nitrogens with one attached hydrogen (secondary N) is 2. The van der Waals surface area contributed by atoms with E-state index >= 15 is 0 Å².